The second kappa shape index (κ2) is 10.4. The van der Waals surface area contributed by atoms with Gasteiger partial charge in [0.05, 0.1) is 0 Å². The van der Waals surface area contributed by atoms with Gasteiger partial charge in [-0.3, -0.25) is 19.5 Å². The first kappa shape index (κ1) is 22.6. The van der Waals surface area contributed by atoms with Gasteiger partial charge in [-0.05, 0) is 61.7 Å². The van der Waals surface area contributed by atoms with Crippen molar-refractivity contribution in [2.75, 3.05) is 4.90 Å². The number of aryl methyl sites for hydroxylation is 1. The third-order valence-corrected chi connectivity index (χ3v) is 6.06. The van der Waals surface area contributed by atoms with Gasteiger partial charge in [0.1, 0.15) is 17.6 Å². The Morgan fingerprint density at radius 3 is 2.30 bits per heavy atom. The van der Waals surface area contributed by atoms with Crippen molar-refractivity contribution in [2.45, 2.75) is 51.1 Å². The summed E-state index contributed by atoms with van der Waals surface area (Å²) in [5.74, 6) is -1.07. The Labute approximate surface area is 193 Å². The summed E-state index contributed by atoms with van der Waals surface area (Å²) in [6, 6.07) is 17.4. The fourth-order valence-corrected chi connectivity index (χ4v) is 4.29. The van der Waals surface area contributed by atoms with E-state index in [-0.39, 0.29) is 17.6 Å². The lowest BCUT2D eigenvalue weighted by Crippen LogP contribution is -2.47. The average molecular weight is 446 g/mol. The smallest absolute Gasteiger partial charge is 0.277 e. The maximum atomic E-state index is 13.7. The largest absolute Gasteiger partial charge is 0.351 e. The van der Waals surface area contributed by atoms with E-state index in [1.807, 2.05) is 31.2 Å². The molecular formula is C27H28FN3O2. The van der Waals surface area contributed by atoms with E-state index in [2.05, 4.69) is 10.3 Å². The van der Waals surface area contributed by atoms with Crippen LogP contribution in [0.15, 0.2) is 72.9 Å². The van der Waals surface area contributed by atoms with Crippen molar-refractivity contribution in [3.8, 4) is 0 Å². The molecule has 4 rings (SSSR count). The number of anilines is 1. The van der Waals surface area contributed by atoms with Gasteiger partial charge >= 0.3 is 0 Å². The number of amides is 2. The number of nitrogens with one attached hydrogen (secondary N) is 1. The van der Waals surface area contributed by atoms with Crippen LogP contribution in [0.5, 0.6) is 0 Å². The first-order chi connectivity index (χ1) is 16.0. The van der Waals surface area contributed by atoms with Crippen LogP contribution in [0.25, 0.3) is 0 Å². The molecule has 1 aliphatic rings. The van der Waals surface area contributed by atoms with Gasteiger partial charge in [-0.2, -0.15) is 0 Å². The normalized spacial score (nSPS) is 15.0. The molecule has 0 unspecified atom stereocenters. The number of hydrogen-bond acceptors (Lipinski definition) is 3. The fourth-order valence-electron chi connectivity index (χ4n) is 4.29. The molecule has 1 atom stereocenters. The highest BCUT2D eigenvalue weighted by atomic mass is 19.1. The predicted octanol–water partition coefficient (Wildman–Crippen LogP) is 5.37. The lowest BCUT2D eigenvalue weighted by Gasteiger charge is -2.33. The number of nitrogens with zero attached hydrogens (tertiary/aromatic N) is 2. The lowest BCUT2D eigenvalue weighted by molar-refractivity contribution is -0.123. The first-order valence-corrected chi connectivity index (χ1v) is 11.4. The van der Waals surface area contributed by atoms with E-state index in [0.29, 0.717) is 11.3 Å². The molecule has 33 heavy (non-hydrogen) atoms. The molecule has 1 N–H and O–H groups in total. The molecular weight excluding hydrogens is 417 g/mol. The highest BCUT2D eigenvalue weighted by Crippen LogP contribution is 2.31. The molecule has 1 heterocycles. The zero-order chi connectivity index (χ0) is 23.2. The minimum absolute atomic E-state index is 0.0685. The maximum absolute atomic E-state index is 13.7. The van der Waals surface area contributed by atoms with Crippen molar-refractivity contribution >= 4 is 17.5 Å². The number of carbonyl (C=O) groups excluding carboxylic acids is 2. The molecule has 0 spiro atoms. The Hall–Kier alpha value is -3.54. The summed E-state index contributed by atoms with van der Waals surface area (Å²) in [6.45, 7) is 1.96. The van der Waals surface area contributed by atoms with Crippen molar-refractivity contribution in [1.82, 2.24) is 10.3 Å². The molecule has 2 aromatic carbocycles. The predicted molar refractivity (Wildman–Crippen MR) is 126 cm³/mol. The second-order valence-corrected chi connectivity index (χ2v) is 8.52. The molecule has 1 aliphatic carbocycles. The van der Waals surface area contributed by atoms with Crippen LogP contribution in [0.2, 0.25) is 0 Å². The first-order valence-electron chi connectivity index (χ1n) is 11.4. The molecule has 0 radical (unpaired) electrons. The number of carbonyl (C=O) groups is 2. The summed E-state index contributed by atoms with van der Waals surface area (Å²) in [5.41, 5.74) is 2.38. The third kappa shape index (κ3) is 5.45. The van der Waals surface area contributed by atoms with Crippen molar-refractivity contribution in [2.24, 2.45) is 0 Å². The molecule has 0 bridgehead atoms. The van der Waals surface area contributed by atoms with Crippen LogP contribution in [0, 0.1) is 12.7 Å². The van der Waals surface area contributed by atoms with E-state index in [0.717, 1.165) is 31.2 Å². The molecule has 6 heteroatoms. The van der Waals surface area contributed by atoms with Gasteiger partial charge in [0.25, 0.3) is 5.91 Å². The maximum Gasteiger partial charge on any atom is 0.277 e. The summed E-state index contributed by atoms with van der Waals surface area (Å²) < 4.78 is 13.7. The number of halogens is 1. The third-order valence-electron chi connectivity index (χ3n) is 6.06. The summed E-state index contributed by atoms with van der Waals surface area (Å²) in [5, 5.41) is 3.15. The summed E-state index contributed by atoms with van der Waals surface area (Å²) in [4.78, 5) is 33.1. The molecule has 0 saturated heterocycles. The number of aromatic nitrogens is 1. The van der Waals surface area contributed by atoms with Crippen LogP contribution in [0.3, 0.4) is 0 Å². The lowest BCUT2D eigenvalue weighted by atomic mass is 9.94. The molecule has 5 nitrogen and oxygen atoms in total. The topological polar surface area (TPSA) is 62.3 Å². The zero-order valence-electron chi connectivity index (χ0n) is 18.7. The molecule has 3 aromatic rings. The SMILES string of the molecule is Cc1ccc(N(C(=O)c2ccccn2)[C@H](C(=O)NC2CCCCC2)c2ccc(F)cc2)cc1. The van der Waals surface area contributed by atoms with E-state index < -0.39 is 17.8 Å². The molecule has 170 valence electrons. The van der Waals surface area contributed by atoms with Crippen LogP contribution in [0.4, 0.5) is 10.1 Å². The average Bonchev–Trinajstić information content (AvgIpc) is 2.85. The molecule has 1 fully saturated rings. The molecule has 0 aliphatic heterocycles. The molecule has 2 amide bonds. The number of pyridine rings is 1. The number of rotatable bonds is 6. The van der Waals surface area contributed by atoms with Gasteiger partial charge in [-0.1, -0.05) is 55.2 Å². The molecule has 1 saturated carbocycles. The monoisotopic (exact) mass is 445 g/mol. The quantitative estimate of drug-likeness (QED) is 0.555. The Morgan fingerprint density at radius 2 is 1.67 bits per heavy atom. The van der Waals surface area contributed by atoms with Crippen molar-refractivity contribution in [3.05, 3.63) is 95.6 Å². The minimum Gasteiger partial charge on any atom is -0.351 e. The Morgan fingerprint density at radius 1 is 0.970 bits per heavy atom. The van der Waals surface area contributed by atoms with E-state index >= 15 is 0 Å². The van der Waals surface area contributed by atoms with E-state index in [1.165, 1.54) is 23.5 Å². The van der Waals surface area contributed by atoms with Crippen LogP contribution >= 0.6 is 0 Å². The highest BCUT2D eigenvalue weighted by molar-refractivity contribution is 6.09. The standard InChI is InChI=1S/C27H28FN3O2/c1-19-10-16-23(17-11-19)31(27(33)24-9-5-6-18-29-24)25(20-12-14-21(28)15-13-20)26(32)30-22-7-3-2-4-8-22/h5-6,9-18,22,25H,2-4,7-8H2,1H3,(H,30,32)/t25-/m0/s1. The van der Waals surface area contributed by atoms with Crippen LogP contribution < -0.4 is 10.2 Å². The number of benzene rings is 2. The Bertz CT molecular complexity index is 1080. The van der Waals surface area contributed by atoms with E-state index in [4.69, 9.17) is 0 Å². The van der Waals surface area contributed by atoms with Gasteiger partial charge in [0.2, 0.25) is 5.91 Å². The number of hydrogen-bond donors (Lipinski definition) is 1. The van der Waals surface area contributed by atoms with Crippen LogP contribution in [0.1, 0.15) is 59.8 Å². The van der Waals surface area contributed by atoms with Crippen LogP contribution in [-0.2, 0) is 4.79 Å². The van der Waals surface area contributed by atoms with Gasteiger partial charge in [0.15, 0.2) is 0 Å². The van der Waals surface area contributed by atoms with Crippen LogP contribution in [-0.4, -0.2) is 22.8 Å². The summed E-state index contributed by atoms with van der Waals surface area (Å²) in [7, 11) is 0. The van der Waals surface area contributed by atoms with Gasteiger partial charge in [-0.25, -0.2) is 4.39 Å². The zero-order valence-corrected chi connectivity index (χ0v) is 18.7. The summed E-state index contributed by atoms with van der Waals surface area (Å²) >= 11 is 0. The summed E-state index contributed by atoms with van der Waals surface area (Å²) in [6.07, 6.45) is 6.69. The minimum atomic E-state index is -0.968. The van der Waals surface area contributed by atoms with Gasteiger partial charge < -0.3 is 5.32 Å². The van der Waals surface area contributed by atoms with Gasteiger partial charge in [0, 0.05) is 17.9 Å². The second-order valence-electron chi connectivity index (χ2n) is 8.52. The Balaban J connectivity index is 1.79. The van der Waals surface area contributed by atoms with Crippen molar-refractivity contribution in [1.29, 1.82) is 0 Å². The Kier molecular flexibility index (Phi) is 7.13. The fraction of sp³-hybridized carbons (Fsp3) is 0.296. The van der Waals surface area contributed by atoms with Gasteiger partial charge in [-0.15, -0.1) is 0 Å². The van der Waals surface area contributed by atoms with E-state index in [1.54, 1.807) is 36.5 Å². The highest BCUT2D eigenvalue weighted by Gasteiger charge is 2.35. The molecule has 1 aromatic heterocycles. The van der Waals surface area contributed by atoms with Crippen molar-refractivity contribution in [3.63, 3.8) is 0 Å². The van der Waals surface area contributed by atoms with Crippen molar-refractivity contribution < 1.29 is 14.0 Å². The van der Waals surface area contributed by atoms with E-state index in [9.17, 15) is 14.0 Å².